The Morgan fingerprint density at radius 2 is 2.06 bits per heavy atom. The molecule has 1 saturated carbocycles. The van der Waals surface area contributed by atoms with E-state index in [2.05, 4.69) is 20.9 Å². The van der Waals surface area contributed by atoms with E-state index in [1.165, 1.54) is 18.2 Å². The summed E-state index contributed by atoms with van der Waals surface area (Å²) >= 11 is 0. The predicted octanol–water partition coefficient (Wildman–Crippen LogP) is 2.27. The Hall–Kier alpha value is -3.46. The summed E-state index contributed by atoms with van der Waals surface area (Å²) in [6, 6.07) is 3.82. The molecule has 2 heterocycles. The zero-order valence-electron chi connectivity index (χ0n) is 18.5. The standard InChI is InChI=1S/C24H27FN4O4/c1-12-20(11-17-16-10-14(25)6-7-19(16)28-23(17)32)27-13(2)21(12)24(33)29-18-5-3-4-15(18)22(31)26-8-9-30/h6-7,10-11,15,18,27,30H,3-5,8-9H2,1-2H3,(H,26,31)(H,28,32)(H,29,33)/b17-11-/t15-,18+/m0/s1. The maximum atomic E-state index is 13.7. The van der Waals surface area contributed by atoms with Crippen LogP contribution in [0.1, 0.15) is 52.1 Å². The molecule has 2 atom stereocenters. The Kier molecular flexibility index (Phi) is 6.33. The largest absolute Gasteiger partial charge is 0.395 e. The van der Waals surface area contributed by atoms with Crippen LogP contribution in [0.2, 0.25) is 0 Å². The van der Waals surface area contributed by atoms with Crippen molar-refractivity contribution < 1.29 is 23.9 Å². The number of aromatic nitrogens is 1. The maximum Gasteiger partial charge on any atom is 0.256 e. The van der Waals surface area contributed by atoms with E-state index >= 15 is 0 Å². The first-order chi connectivity index (χ1) is 15.8. The van der Waals surface area contributed by atoms with Gasteiger partial charge in [0.1, 0.15) is 5.82 Å². The number of fused-ring (bicyclic) bond motifs is 1. The van der Waals surface area contributed by atoms with E-state index in [0.29, 0.717) is 52.2 Å². The van der Waals surface area contributed by atoms with Gasteiger partial charge < -0.3 is 26.0 Å². The number of halogens is 1. The zero-order valence-corrected chi connectivity index (χ0v) is 18.5. The highest BCUT2D eigenvalue weighted by Crippen LogP contribution is 2.34. The van der Waals surface area contributed by atoms with Crippen LogP contribution in [0.25, 0.3) is 11.6 Å². The molecule has 4 rings (SSSR count). The molecule has 0 radical (unpaired) electrons. The second-order valence-corrected chi connectivity index (χ2v) is 8.50. The number of aromatic amines is 1. The molecular weight excluding hydrogens is 427 g/mol. The number of hydrogen-bond acceptors (Lipinski definition) is 4. The molecule has 33 heavy (non-hydrogen) atoms. The summed E-state index contributed by atoms with van der Waals surface area (Å²) in [7, 11) is 0. The number of hydrogen-bond donors (Lipinski definition) is 5. The molecule has 9 heteroatoms. The van der Waals surface area contributed by atoms with E-state index in [-0.39, 0.29) is 42.8 Å². The lowest BCUT2D eigenvalue weighted by molar-refractivity contribution is -0.125. The van der Waals surface area contributed by atoms with Crippen molar-refractivity contribution in [2.75, 3.05) is 18.5 Å². The third-order valence-corrected chi connectivity index (χ3v) is 6.34. The van der Waals surface area contributed by atoms with Crippen LogP contribution < -0.4 is 16.0 Å². The summed E-state index contributed by atoms with van der Waals surface area (Å²) in [5.41, 5.74) is 3.67. The number of aryl methyl sites for hydroxylation is 1. The van der Waals surface area contributed by atoms with Gasteiger partial charge in [0.2, 0.25) is 5.91 Å². The minimum absolute atomic E-state index is 0.134. The highest BCUT2D eigenvalue weighted by Gasteiger charge is 2.35. The van der Waals surface area contributed by atoms with Crippen LogP contribution in [0.4, 0.5) is 10.1 Å². The van der Waals surface area contributed by atoms with Crippen molar-refractivity contribution >= 4 is 35.1 Å². The fourth-order valence-corrected chi connectivity index (χ4v) is 4.70. The molecule has 1 aliphatic carbocycles. The van der Waals surface area contributed by atoms with Crippen LogP contribution in [0.5, 0.6) is 0 Å². The zero-order chi connectivity index (χ0) is 23.7. The summed E-state index contributed by atoms with van der Waals surface area (Å²) in [6.45, 7) is 3.60. The third-order valence-electron chi connectivity index (χ3n) is 6.34. The van der Waals surface area contributed by atoms with Crippen LogP contribution in [-0.4, -0.2) is 47.0 Å². The molecule has 5 N–H and O–H groups in total. The second kappa shape index (κ2) is 9.19. The molecule has 3 amide bonds. The minimum Gasteiger partial charge on any atom is -0.395 e. The molecule has 1 fully saturated rings. The summed E-state index contributed by atoms with van der Waals surface area (Å²) in [5, 5.41) is 17.3. The first-order valence-electron chi connectivity index (χ1n) is 11.0. The summed E-state index contributed by atoms with van der Waals surface area (Å²) in [6.07, 6.45) is 3.83. The second-order valence-electron chi connectivity index (χ2n) is 8.50. The first kappa shape index (κ1) is 22.7. The quantitative estimate of drug-likeness (QED) is 0.430. The molecule has 2 aliphatic rings. The average molecular weight is 455 g/mol. The van der Waals surface area contributed by atoms with Crippen LogP contribution in [0.15, 0.2) is 18.2 Å². The lowest BCUT2D eigenvalue weighted by Gasteiger charge is -2.20. The summed E-state index contributed by atoms with van der Waals surface area (Å²) in [4.78, 5) is 41.1. The van der Waals surface area contributed by atoms with Gasteiger partial charge in [-0.1, -0.05) is 6.42 Å². The lowest BCUT2D eigenvalue weighted by Crippen LogP contribution is -2.44. The van der Waals surface area contributed by atoms with Gasteiger partial charge in [-0.05, 0) is 56.5 Å². The molecule has 1 aliphatic heterocycles. The lowest BCUT2D eigenvalue weighted by atomic mass is 10.0. The number of aliphatic hydroxyl groups is 1. The van der Waals surface area contributed by atoms with Crippen molar-refractivity contribution in [3.63, 3.8) is 0 Å². The first-order valence-corrected chi connectivity index (χ1v) is 11.0. The highest BCUT2D eigenvalue weighted by atomic mass is 19.1. The van der Waals surface area contributed by atoms with Crippen molar-refractivity contribution in [2.45, 2.75) is 39.2 Å². The number of amides is 3. The topological polar surface area (TPSA) is 123 Å². The van der Waals surface area contributed by atoms with Gasteiger partial charge in [-0.15, -0.1) is 0 Å². The normalized spacial score (nSPS) is 20.6. The molecule has 8 nitrogen and oxygen atoms in total. The Morgan fingerprint density at radius 3 is 2.82 bits per heavy atom. The number of carbonyl (C=O) groups excluding carboxylic acids is 3. The summed E-state index contributed by atoms with van der Waals surface area (Å²) < 4.78 is 13.7. The van der Waals surface area contributed by atoms with Gasteiger partial charge in [-0.25, -0.2) is 4.39 Å². The van der Waals surface area contributed by atoms with E-state index in [9.17, 15) is 18.8 Å². The average Bonchev–Trinajstić information content (AvgIpc) is 3.43. The van der Waals surface area contributed by atoms with E-state index < -0.39 is 5.82 Å². The highest BCUT2D eigenvalue weighted by molar-refractivity contribution is 6.34. The SMILES string of the molecule is Cc1[nH]c(/C=C2\C(=O)Nc3ccc(F)cc32)c(C)c1C(=O)N[C@@H]1CCC[C@@H]1C(=O)NCCO. The molecule has 0 bridgehead atoms. The molecular formula is C24H27FN4O4. The number of benzene rings is 1. The molecule has 1 aromatic carbocycles. The van der Waals surface area contributed by atoms with Gasteiger partial charge in [-0.2, -0.15) is 0 Å². The van der Waals surface area contributed by atoms with Gasteiger partial charge in [0, 0.05) is 35.2 Å². The Morgan fingerprint density at radius 1 is 1.27 bits per heavy atom. The number of H-pyrrole nitrogens is 1. The van der Waals surface area contributed by atoms with E-state index in [4.69, 9.17) is 5.11 Å². The van der Waals surface area contributed by atoms with Crippen molar-refractivity contribution in [1.82, 2.24) is 15.6 Å². The number of anilines is 1. The number of nitrogens with one attached hydrogen (secondary N) is 4. The van der Waals surface area contributed by atoms with Crippen LogP contribution in [0.3, 0.4) is 0 Å². The predicted molar refractivity (Wildman–Crippen MR) is 122 cm³/mol. The molecule has 1 aromatic heterocycles. The van der Waals surface area contributed by atoms with Gasteiger partial charge in [0.15, 0.2) is 0 Å². The van der Waals surface area contributed by atoms with E-state index in [0.717, 1.165) is 6.42 Å². The third kappa shape index (κ3) is 4.41. The fourth-order valence-electron chi connectivity index (χ4n) is 4.70. The minimum atomic E-state index is -0.440. The van der Waals surface area contributed by atoms with E-state index in [1.54, 1.807) is 19.9 Å². The van der Waals surface area contributed by atoms with Gasteiger partial charge in [0.05, 0.1) is 23.7 Å². The molecule has 0 spiro atoms. The Balaban J connectivity index is 1.57. The molecule has 0 unspecified atom stereocenters. The monoisotopic (exact) mass is 454 g/mol. The van der Waals surface area contributed by atoms with Crippen molar-refractivity contribution in [2.24, 2.45) is 5.92 Å². The van der Waals surface area contributed by atoms with Crippen LogP contribution >= 0.6 is 0 Å². The van der Waals surface area contributed by atoms with Gasteiger partial charge in [0.25, 0.3) is 11.8 Å². The van der Waals surface area contributed by atoms with Gasteiger partial charge in [-0.3, -0.25) is 14.4 Å². The van der Waals surface area contributed by atoms with Gasteiger partial charge >= 0.3 is 0 Å². The molecule has 2 aromatic rings. The van der Waals surface area contributed by atoms with Crippen molar-refractivity contribution in [3.05, 3.63) is 52.1 Å². The number of aliphatic hydroxyl groups excluding tert-OH is 1. The number of carbonyl (C=O) groups is 3. The smallest absolute Gasteiger partial charge is 0.256 e. The van der Waals surface area contributed by atoms with Crippen molar-refractivity contribution in [1.29, 1.82) is 0 Å². The fraction of sp³-hybridized carbons (Fsp3) is 0.375. The van der Waals surface area contributed by atoms with E-state index in [1.807, 2.05) is 0 Å². The molecule has 0 saturated heterocycles. The van der Waals surface area contributed by atoms with Crippen LogP contribution in [-0.2, 0) is 9.59 Å². The molecule has 174 valence electrons. The maximum absolute atomic E-state index is 13.7. The summed E-state index contributed by atoms with van der Waals surface area (Å²) in [5.74, 6) is -1.58. The number of rotatable bonds is 6. The Bertz CT molecular complexity index is 1150. The van der Waals surface area contributed by atoms with Crippen molar-refractivity contribution in [3.8, 4) is 0 Å². The Labute approximate surface area is 190 Å². The van der Waals surface area contributed by atoms with Crippen LogP contribution in [0, 0.1) is 25.6 Å².